The van der Waals surface area contributed by atoms with Gasteiger partial charge in [-0.2, -0.15) is 5.10 Å². The van der Waals surface area contributed by atoms with Gasteiger partial charge in [-0.3, -0.25) is 4.68 Å². The number of hydrogen-bond donors (Lipinski definition) is 2. The van der Waals surface area contributed by atoms with Gasteiger partial charge in [0.2, 0.25) is 0 Å². The molecule has 0 aliphatic carbocycles. The second-order valence-corrected chi connectivity index (χ2v) is 8.35. The van der Waals surface area contributed by atoms with Gasteiger partial charge < -0.3 is 20.3 Å². The lowest BCUT2D eigenvalue weighted by Crippen LogP contribution is -2.46. The van der Waals surface area contributed by atoms with Gasteiger partial charge in [-0.1, -0.05) is 24.3 Å². The van der Waals surface area contributed by atoms with Crippen LogP contribution in [0.5, 0.6) is 5.75 Å². The number of fused-ring (bicyclic) bond motifs is 1. The van der Waals surface area contributed by atoms with Crippen LogP contribution in [0.25, 0.3) is 22.2 Å². The number of amides is 2. The molecule has 2 amide bonds. The van der Waals surface area contributed by atoms with Crippen LogP contribution in [-0.4, -0.2) is 52.3 Å². The van der Waals surface area contributed by atoms with E-state index in [-0.39, 0.29) is 12.1 Å². The van der Waals surface area contributed by atoms with E-state index in [1.165, 1.54) is 0 Å². The zero-order chi connectivity index (χ0) is 23.5. The van der Waals surface area contributed by atoms with Crippen molar-refractivity contribution in [1.82, 2.24) is 25.3 Å². The normalized spacial score (nSPS) is 14.2. The molecule has 1 fully saturated rings. The smallest absolute Gasteiger partial charge is 0.319 e. The Bertz CT molecular complexity index is 1290. The Kier molecular flexibility index (Phi) is 5.99. The molecule has 1 saturated heterocycles. The SMILES string of the molecule is COc1ccc(NC(=O)NC2CCN(c3nnc(-c4ccnn4C)c4ccccc34)CC2)cc1. The Hall–Kier alpha value is -4.14. The molecule has 2 aromatic heterocycles. The zero-order valence-corrected chi connectivity index (χ0v) is 19.2. The molecule has 1 aliphatic rings. The molecule has 9 nitrogen and oxygen atoms in total. The third kappa shape index (κ3) is 4.36. The predicted octanol–water partition coefficient (Wildman–Crippen LogP) is 3.83. The average Bonchev–Trinajstić information content (AvgIpc) is 3.30. The Morgan fingerprint density at radius 3 is 2.41 bits per heavy atom. The highest BCUT2D eigenvalue weighted by Crippen LogP contribution is 2.32. The number of nitrogens with zero attached hydrogens (tertiary/aromatic N) is 5. The third-order valence-electron chi connectivity index (χ3n) is 6.21. The molecule has 1 aliphatic heterocycles. The fourth-order valence-corrected chi connectivity index (χ4v) is 4.38. The number of nitrogens with one attached hydrogen (secondary N) is 2. The maximum Gasteiger partial charge on any atom is 0.319 e. The Morgan fingerprint density at radius 2 is 1.74 bits per heavy atom. The van der Waals surface area contributed by atoms with E-state index in [0.29, 0.717) is 0 Å². The van der Waals surface area contributed by atoms with Gasteiger partial charge in [0, 0.05) is 48.8 Å². The summed E-state index contributed by atoms with van der Waals surface area (Å²) in [5.74, 6) is 1.63. The van der Waals surface area contributed by atoms with Gasteiger partial charge in [0.15, 0.2) is 5.82 Å². The molecule has 2 N–H and O–H groups in total. The molecule has 174 valence electrons. The summed E-state index contributed by atoms with van der Waals surface area (Å²) in [6.07, 6.45) is 3.42. The van der Waals surface area contributed by atoms with E-state index in [0.717, 1.165) is 65.3 Å². The lowest BCUT2D eigenvalue weighted by Gasteiger charge is -2.33. The van der Waals surface area contributed by atoms with Gasteiger partial charge in [-0.25, -0.2) is 4.79 Å². The number of hydrogen-bond acceptors (Lipinski definition) is 6. The summed E-state index contributed by atoms with van der Waals surface area (Å²) in [5, 5.41) is 21.5. The fraction of sp³-hybridized carbons (Fsp3) is 0.280. The molecule has 0 spiro atoms. The molecule has 34 heavy (non-hydrogen) atoms. The highest BCUT2D eigenvalue weighted by atomic mass is 16.5. The van der Waals surface area contributed by atoms with Crippen LogP contribution in [0.1, 0.15) is 12.8 Å². The molecule has 4 aromatic rings. The van der Waals surface area contributed by atoms with Crippen molar-refractivity contribution in [3.63, 3.8) is 0 Å². The summed E-state index contributed by atoms with van der Waals surface area (Å²) in [6, 6.07) is 17.3. The molecule has 2 aromatic carbocycles. The molecule has 0 radical (unpaired) electrons. The topological polar surface area (TPSA) is 97.2 Å². The first-order valence-corrected chi connectivity index (χ1v) is 11.3. The van der Waals surface area contributed by atoms with Crippen LogP contribution in [0, 0.1) is 0 Å². The minimum atomic E-state index is -0.200. The second-order valence-electron chi connectivity index (χ2n) is 8.35. The molecular formula is C25H27N7O2. The first-order valence-electron chi connectivity index (χ1n) is 11.3. The van der Waals surface area contributed by atoms with Gasteiger partial charge in [0.05, 0.1) is 12.8 Å². The second kappa shape index (κ2) is 9.38. The number of carbonyl (C=O) groups excluding carboxylic acids is 1. The minimum absolute atomic E-state index is 0.0995. The fourth-order valence-electron chi connectivity index (χ4n) is 4.38. The lowest BCUT2D eigenvalue weighted by atomic mass is 10.0. The van der Waals surface area contributed by atoms with Crippen LogP contribution in [0.4, 0.5) is 16.3 Å². The van der Waals surface area contributed by atoms with Crippen LogP contribution >= 0.6 is 0 Å². The molecule has 0 saturated carbocycles. The quantitative estimate of drug-likeness (QED) is 0.473. The first-order chi connectivity index (χ1) is 16.6. The van der Waals surface area contributed by atoms with Crippen LogP contribution in [0.3, 0.4) is 0 Å². The van der Waals surface area contributed by atoms with E-state index in [1.54, 1.807) is 13.3 Å². The van der Waals surface area contributed by atoms with Crippen molar-refractivity contribution in [3.05, 3.63) is 60.8 Å². The van der Waals surface area contributed by atoms with Crippen molar-refractivity contribution < 1.29 is 9.53 Å². The molecule has 9 heteroatoms. The van der Waals surface area contributed by atoms with E-state index >= 15 is 0 Å². The van der Waals surface area contributed by atoms with Gasteiger partial charge in [-0.05, 0) is 43.2 Å². The van der Waals surface area contributed by atoms with Crippen molar-refractivity contribution in [3.8, 4) is 17.1 Å². The van der Waals surface area contributed by atoms with E-state index < -0.39 is 0 Å². The Labute approximate surface area is 197 Å². The summed E-state index contributed by atoms with van der Waals surface area (Å²) in [4.78, 5) is 14.7. The third-order valence-corrected chi connectivity index (χ3v) is 6.21. The lowest BCUT2D eigenvalue weighted by molar-refractivity contribution is 0.246. The maximum absolute atomic E-state index is 12.4. The Morgan fingerprint density at radius 1 is 1.00 bits per heavy atom. The molecule has 0 atom stereocenters. The number of methoxy groups -OCH3 is 1. The van der Waals surface area contributed by atoms with Crippen LogP contribution in [-0.2, 0) is 7.05 Å². The van der Waals surface area contributed by atoms with Crippen LogP contribution in [0.2, 0.25) is 0 Å². The molecule has 3 heterocycles. The van der Waals surface area contributed by atoms with Gasteiger partial charge in [0.1, 0.15) is 11.4 Å². The van der Waals surface area contributed by atoms with Crippen LogP contribution in [0.15, 0.2) is 60.8 Å². The van der Waals surface area contributed by atoms with E-state index in [4.69, 9.17) is 4.74 Å². The standard InChI is InChI=1S/C25H27N7O2/c1-31-22(11-14-26-31)23-20-5-3-4-6-21(20)24(30-29-23)32-15-12-18(13-16-32)28-25(33)27-17-7-9-19(34-2)10-8-17/h3-11,14,18H,12-13,15-16H2,1-2H3,(H2,27,28,33). The zero-order valence-electron chi connectivity index (χ0n) is 19.2. The Balaban J connectivity index is 1.25. The monoisotopic (exact) mass is 457 g/mol. The van der Waals surface area contributed by atoms with E-state index in [9.17, 15) is 4.79 Å². The van der Waals surface area contributed by atoms with E-state index in [1.807, 2.05) is 54.2 Å². The molecule has 5 rings (SSSR count). The highest BCUT2D eigenvalue weighted by molar-refractivity contribution is 5.99. The molecule has 0 unspecified atom stereocenters. The van der Waals surface area contributed by atoms with Crippen LogP contribution < -0.4 is 20.3 Å². The summed E-state index contributed by atoms with van der Waals surface area (Å²) >= 11 is 0. The first kappa shape index (κ1) is 21.7. The predicted molar refractivity (Wildman–Crippen MR) is 132 cm³/mol. The molecule has 0 bridgehead atoms. The number of benzene rings is 2. The summed E-state index contributed by atoms with van der Waals surface area (Å²) in [5.41, 5.74) is 2.48. The maximum atomic E-state index is 12.4. The number of anilines is 2. The van der Waals surface area contributed by atoms with Crippen molar-refractivity contribution in [2.75, 3.05) is 30.4 Å². The average molecular weight is 458 g/mol. The number of rotatable bonds is 5. The largest absolute Gasteiger partial charge is 0.497 e. The van der Waals surface area contributed by atoms with Crippen molar-refractivity contribution in [2.24, 2.45) is 7.05 Å². The molecular weight excluding hydrogens is 430 g/mol. The van der Waals surface area contributed by atoms with E-state index in [2.05, 4.69) is 43.0 Å². The highest BCUT2D eigenvalue weighted by Gasteiger charge is 2.24. The van der Waals surface area contributed by atoms with Crippen molar-refractivity contribution in [1.29, 1.82) is 0 Å². The summed E-state index contributed by atoms with van der Waals surface area (Å²) in [7, 11) is 3.52. The van der Waals surface area contributed by atoms with Gasteiger partial charge in [-0.15, -0.1) is 10.2 Å². The number of aryl methyl sites for hydroxylation is 1. The van der Waals surface area contributed by atoms with Gasteiger partial charge >= 0.3 is 6.03 Å². The van der Waals surface area contributed by atoms with Crippen molar-refractivity contribution >= 4 is 28.3 Å². The number of ether oxygens (including phenoxy) is 1. The number of piperidine rings is 1. The van der Waals surface area contributed by atoms with Gasteiger partial charge in [0.25, 0.3) is 0 Å². The summed E-state index contributed by atoms with van der Waals surface area (Å²) < 4.78 is 6.96. The minimum Gasteiger partial charge on any atom is -0.497 e. The summed E-state index contributed by atoms with van der Waals surface area (Å²) in [6.45, 7) is 1.58. The number of aromatic nitrogens is 4. The number of urea groups is 1. The van der Waals surface area contributed by atoms with Crippen molar-refractivity contribution in [2.45, 2.75) is 18.9 Å². The number of carbonyl (C=O) groups is 1.